The summed E-state index contributed by atoms with van der Waals surface area (Å²) in [5, 5.41) is 11.9. The molecule has 1 saturated carbocycles. The van der Waals surface area contributed by atoms with Crippen molar-refractivity contribution in [3.8, 4) is 0 Å². The average molecular weight is 259 g/mol. The van der Waals surface area contributed by atoms with Gasteiger partial charge in [0.2, 0.25) is 5.91 Å². The normalized spacial score (nSPS) is 19.2. The molecule has 1 rings (SSSR count). The molecule has 0 spiro atoms. The lowest BCUT2D eigenvalue weighted by molar-refractivity contribution is -0.162. The summed E-state index contributed by atoms with van der Waals surface area (Å²) in [7, 11) is 0. The number of nitrogens with one attached hydrogen (secondary N) is 1. The van der Waals surface area contributed by atoms with Gasteiger partial charge in [0, 0.05) is 6.04 Å². The molecule has 1 amide bonds. The standard InChI is InChI=1S/C12H21NO3S/c1-3-17-8-5-9(2)13-10(14)12(11(15)16)6-4-7-12/h9H,3-8H2,1-2H3,(H,13,14)(H,15,16). The molecular weight excluding hydrogens is 238 g/mol. The number of carbonyl (C=O) groups excluding carboxylic acids is 1. The van der Waals surface area contributed by atoms with E-state index in [1.165, 1.54) is 0 Å². The molecule has 4 nitrogen and oxygen atoms in total. The minimum atomic E-state index is -1.13. The Bertz CT molecular complexity index is 289. The first-order chi connectivity index (χ1) is 8.03. The van der Waals surface area contributed by atoms with Gasteiger partial charge in [0.15, 0.2) is 0 Å². The average Bonchev–Trinajstić information content (AvgIpc) is 2.15. The van der Waals surface area contributed by atoms with Gasteiger partial charge in [-0.2, -0.15) is 11.8 Å². The largest absolute Gasteiger partial charge is 0.480 e. The van der Waals surface area contributed by atoms with Crippen LogP contribution in [0.4, 0.5) is 0 Å². The molecule has 1 unspecified atom stereocenters. The second-order valence-corrected chi connectivity index (χ2v) is 5.99. The number of thioether (sulfide) groups is 1. The van der Waals surface area contributed by atoms with Crippen molar-refractivity contribution in [3.05, 3.63) is 0 Å². The molecule has 0 heterocycles. The molecule has 2 N–H and O–H groups in total. The van der Waals surface area contributed by atoms with Gasteiger partial charge in [-0.15, -0.1) is 0 Å². The van der Waals surface area contributed by atoms with E-state index in [-0.39, 0.29) is 11.9 Å². The maximum atomic E-state index is 11.9. The van der Waals surface area contributed by atoms with Crippen LogP contribution >= 0.6 is 11.8 Å². The van der Waals surface area contributed by atoms with Gasteiger partial charge >= 0.3 is 5.97 Å². The predicted molar refractivity (Wildman–Crippen MR) is 69.1 cm³/mol. The third kappa shape index (κ3) is 3.37. The van der Waals surface area contributed by atoms with Crippen LogP contribution in [0.2, 0.25) is 0 Å². The predicted octanol–water partition coefficient (Wildman–Crippen LogP) is 1.89. The first-order valence-corrected chi connectivity index (χ1v) is 7.30. The van der Waals surface area contributed by atoms with Crippen LogP contribution in [-0.2, 0) is 9.59 Å². The molecule has 0 radical (unpaired) electrons. The summed E-state index contributed by atoms with van der Waals surface area (Å²) in [5.74, 6) is 0.791. The number of hydrogen-bond donors (Lipinski definition) is 2. The molecule has 17 heavy (non-hydrogen) atoms. The van der Waals surface area contributed by atoms with Crippen molar-refractivity contribution < 1.29 is 14.7 Å². The first kappa shape index (κ1) is 14.4. The Morgan fingerprint density at radius 2 is 2.12 bits per heavy atom. The van der Waals surface area contributed by atoms with E-state index in [1.807, 2.05) is 18.7 Å². The van der Waals surface area contributed by atoms with Crippen molar-refractivity contribution in [2.24, 2.45) is 5.41 Å². The van der Waals surface area contributed by atoms with Gasteiger partial charge in [0.25, 0.3) is 0 Å². The molecule has 98 valence electrons. The lowest BCUT2D eigenvalue weighted by Gasteiger charge is -2.36. The maximum absolute atomic E-state index is 11.9. The van der Waals surface area contributed by atoms with Gasteiger partial charge in [0.05, 0.1) is 0 Å². The summed E-state index contributed by atoms with van der Waals surface area (Å²) in [6.07, 6.45) is 2.68. The molecule has 0 bridgehead atoms. The summed E-state index contributed by atoms with van der Waals surface area (Å²) in [5.41, 5.74) is -1.13. The molecule has 1 fully saturated rings. The fraction of sp³-hybridized carbons (Fsp3) is 0.833. The SMILES string of the molecule is CCSCCC(C)NC(=O)C1(C(=O)O)CCC1. The van der Waals surface area contributed by atoms with Crippen LogP contribution in [0.3, 0.4) is 0 Å². The highest BCUT2D eigenvalue weighted by Gasteiger charge is 2.51. The van der Waals surface area contributed by atoms with Gasteiger partial charge in [-0.25, -0.2) is 0 Å². The van der Waals surface area contributed by atoms with Crippen LogP contribution in [0.5, 0.6) is 0 Å². The fourth-order valence-corrected chi connectivity index (χ4v) is 2.72. The Labute approximate surface area is 107 Å². The molecule has 5 heteroatoms. The van der Waals surface area contributed by atoms with E-state index in [0.717, 1.165) is 24.3 Å². The number of rotatable bonds is 7. The number of aliphatic carboxylic acids is 1. The van der Waals surface area contributed by atoms with Gasteiger partial charge < -0.3 is 10.4 Å². The Hall–Kier alpha value is -0.710. The van der Waals surface area contributed by atoms with Crippen molar-refractivity contribution in [2.45, 2.75) is 45.6 Å². The minimum Gasteiger partial charge on any atom is -0.480 e. The Morgan fingerprint density at radius 1 is 1.47 bits per heavy atom. The summed E-state index contributed by atoms with van der Waals surface area (Å²) in [4.78, 5) is 23.1. The third-order valence-corrected chi connectivity index (χ3v) is 4.26. The lowest BCUT2D eigenvalue weighted by atomic mass is 9.68. The lowest BCUT2D eigenvalue weighted by Crippen LogP contribution is -2.53. The smallest absolute Gasteiger partial charge is 0.319 e. The van der Waals surface area contributed by atoms with E-state index in [4.69, 9.17) is 5.11 Å². The van der Waals surface area contributed by atoms with Crippen LogP contribution in [0, 0.1) is 5.41 Å². The third-order valence-electron chi connectivity index (χ3n) is 3.33. The summed E-state index contributed by atoms with van der Waals surface area (Å²) in [6, 6.07) is 0.0541. The van der Waals surface area contributed by atoms with Crippen LogP contribution in [0.25, 0.3) is 0 Å². The number of amides is 1. The second kappa shape index (κ2) is 6.28. The topological polar surface area (TPSA) is 66.4 Å². The number of carboxylic acids is 1. The van der Waals surface area contributed by atoms with E-state index < -0.39 is 11.4 Å². The van der Waals surface area contributed by atoms with Crippen LogP contribution in [-0.4, -0.2) is 34.5 Å². The Balaban J connectivity index is 2.40. The summed E-state index contributed by atoms with van der Waals surface area (Å²) < 4.78 is 0. The number of hydrogen-bond acceptors (Lipinski definition) is 3. The van der Waals surface area contributed by atoms with Crippen molar-refractivity contribution in [2.75, 3.05) is 11.5 Å². The van der Waals surface area contributed by atoms with E-state index in [0.29, 0.717) is 12.8 Å². The van der Waals surface area contributed by atoms with Crippen molar-refractivity contribution in [1.82, 2.24) is 5.32 Å². The van der Waals surface area contributed by atoms with E-state index in [1.54, 1.807) is 0 Å². The molecule has 1 atom stereocenters. The number of carboxylic acid groups (broad SMARTS) is 1. The molecule has 0 aromatic carbocycles. The Morgan fingerprint density at radius 3 is 2.53 bits per heavy atom. The van der Waals surface area contributed by atoms with Crippen LogP contribution < -0.4 is 5.32 Å². The van der Waals surface area contributed by atoms with Crippen molar-refractivity contribution in [3.63, 3.8) is 0 Å². The van der Waals surface area contributed by atoms with Gasteiger partial charge in [0.1, 0.15) is 5.41 Å². The zero-order valence-electron chi connectivity index (χ0n) is 10.5. The van der Waals surface area contributed by atoms with Gasteiger partial charge in [-0.1, -0.05) is 13.3 Å². The molecule has 1 aliphatic rings. The maximum Gasteiger partial charge on any atom is 0.319 e. The van der Waals surface area contributed by atoms with Crippen molar-refractivity contribution >= 4 is 23.6 Å². The van der Waals surface area contributed by atoms with E-state index >= 15 is 0 Å². The molecule has 1 aliphatic carbocycles. The zero-order chi connectivity index (χ0) is 12.9. The van der Waals surface area contributed by atoms with Crippen LogP contribution in [0.15, 0.2) is 0 Å². The van der Waals surface area contributed by atoms with Gasteiger partial charge in [-0.3, -0.25) is 9.59 Å². The summed E-state index contributed by atoms with van der Waals surface area (Å²) >= 11 is 1.83. The zero-order valence-corrected chi connectivity index (χ0v) is 11.3. The molecule has 0 aromatic rings. The second-order valence-electron chi connectivity index (χ2n) is 4.60. The van der Waals surface area contributed by atoms with E-state index in [2.05, 4.69) is 12.2 Å². The Kier molecular flexibility index (Phi) is 5.31. The fourth-order valence-electron chi connectivity index (χ4n) is 1.91. The minimum absolute atomic E-state index is 0.0541. The number of carbonyl (C=O) groups is 2. The molecular formula is C12H21NO3S. The van der Waals surface area contributed by atoms with Gasteiger partial charge in [-0.05, 0) is 37.7 Å². The summed E-state index contributed by atoms with van der Waals surface area (Å²) in [6.45, 7) is 4.03. The van der Waals surface area contributed by atoms with Crippen LogP contribution in [0.1, 0.15) is 39.5 Å². The molecule has 0 aromatic heterocycles. The first-order valence-electron chi connectivity index (χ1n) is 6.15. The van der Waals surface area contributed by atoms with Crippen molar-refractivity contribution in [1.29, 1.82) is 0 Å². The molecule has 0 saturated heterocycles. The molecule has 0 aliphatic heterocycles. The monoisotopic (exact) mass is 259 g/mol. The quantitative estimate of drug-likeness (QED) is 0.541. The van der Waals surface area contributed by atoms with E-state index in [9.17, 15) is 9.59 Å². The highest BCUT2D eigenvalue weighted by Crippen LogP contribution is 2.41. The highest BCUT2D eigenvalue weighted by molar-refractivity contribution is 7.99. The highest BCUT2D eigenvalue weighted by atomic mass is 32.2.